The van der Waals surface area contributed by atoms with Gasteiger partial charge in [0.05, 0.1) is 0 Å². The van der Waals surface area contributed by atoms with Gasteiger partial charge in [-0.05, 0) is 22.6 Å². The first-order valence-electron chi connectivity index (χ1n) is 2.54. The van der Waals surface area contributed by atoms with Gasteiger partial charge in [-0.15, -0.1) is 10.2 Å². The van der Waals surface area contributed by atoms with E-state index in [4.69, 9.17) is 0 Å². The highest BCUT2D eigenvalue weighted by Gasteiger charge is 2.11. The fraction of sp³-hybridized carbons (Fsp3) is 0.250. The zero-order valence-electron chi connectivity index (χ0n) is 5.18. The van der Waals surface area contributed by atoms with Crippen LogP contribution in [0.2, 0.25) is 0 Å². The molecule has 1 aromatic rings. The zero-order valence-corrected chi connectivity index (χ0v) is 7.34. The second-order valence-electron chi connectivity index (χ2n) is 1.54. The Labute approximate surface area is 70.7 Å². The molecule has 0 saturated heterocycles. The Bertz CT molecular complexity index is 245. The predicted octanol–water partition coefficient (Wildman–Crippen LogP) is -0.231. The number of rotatable bonds is 1. The molecule has 6 heteroatoms. The first-order valence-corrected chi connectivity index (χ1v) is 3.62. The molecule has 0 aromatic carbocycles. The Hall–Kier alpha value is -0.660. The number of carbonyl (C=O) groups excluding carboxylic acids is 1. The third-order valence-electron chi connectivity index (χ3n) is 0.948. The molecule has 1 amide bonds. The number of hydrogen-bond acceptors (Lipinski definition) is 3. The van der Waals surface area contributed by atoms with Crippen molar-refractivity contribution in [1.82, 2.24) is 20.7 Å². The van der Waals surface area contributed by atoms with Crippen LogP contribution in [-0.2, 0) is 0 Å². The smallest absolute Gasteiger partial charge is 0.274 e. The Kier molecular flexibility index (Phi) is 2.20. The van der Waals surface area contributed by atoms with E-state index in [9.17, 15) is 4.79 Å². The number of carbonyl (C=O) groups is 1. The van der Waals surface area contributed by atoms with Crippen molar-refractivity contribution >= 4 is 28.5 Å². The minimum absolute atomic E-state index is 0.224. The number of nitrogens with one attached hydrogen (secondary N) is 2. The van der Waals surface area contributed by atoms with Crippen LogP contribution in [0.5, 0.6) is 0 Å². The summed E-state index contributed by atoms with van der Waals surface area (Å²) < 4.78 is 0.581. The molecule has 0 aliphatic heterocycles. The SMILES string of the molecule is CNC(=O)c1n[nH]nc1I. The number of halogens is 1. The summed E-state index contributed by atoms with van der Waals surface area (Å²) in [5.41, 5.74) is 0.336. The van der Waals surface area contributed by atoms with Crippen molar-refractivity contribution in [3.05, 3.63) is 9.39 Å². The summed E-state index contributed by atoms with van der Waals surface area (Å²) in [7, 11) is 1.55. The zero-order chi connectivity index (χ0) is 7.56. The van der Waals surface area contributed by atoms with Crippen LogP contribution < -0.4 is 5.32 Å². The lowest BCUT2D eigenvalue weighted by Crippen LogP contribution is -2.19. The number of nitrogens with zero attached hydrogens (tertiary/aromatic N) is 2. The van der Waals surface area contributed by atoms with E-state index in [0.717, 1.165) is 0 Å². The lowest BCUT2D eigenvalue weighted by molar-refractivity contribution is 0.0957. The molecular formula is C4H5IN4O. The fourth-order valence-electron chi connectivity index (χ4n) is 0.481. The van der Waals surface area contributed by atoms with Crippen molar-refractivity contribution in [2.45, 2.75) is 0 Å². The number of H-pyrrole nitrogens is 1. The maximum absolute atomic E-state index is 10.9. The fourth-order valence-corrected chi connectivity index (χ4v) is 0.954. The molecule has 0 atom stereocenters. The molecule has 5 nitrogen and oxygen atoms in total. The molecule has 0 spiro atoms. The highest BCUT2D eigenvalue weighted by Crippen LogP contribution is 2.02. The molecule has 10 heavy (non-hydrogen) atoms. The van der Waals surface area contributed by atoms with E-state index >= 15 is 0 Å². The van der Waals surface area contributed by atoms with Gasteiger partial charge in [-0.1, -0.05) is 0 Å². The van der Waals surface area contributed by atoms with Gasteiger partial charge in [0.15, 0.2) is 9.39 Å². The summed E-state index contributed by atoms with van der Waals surface area (Å²) in [6.07, 6.45) is 0. The second kappa shape index (κ2) is 2.95. The maximum Gasteiger partial charge on any atom is 0.274 e. The maximum atomic E-state index is 10.9. The summed E-state index contributed by atoms with van der Waals surface area (Å²) in [4.78, 5) is 10.9. The van der Waals surface area contributed by atoms with Crippen LogP contribution in [0, 0.1) is 3.70 Å². The quantitative estimate of drug-likeness (QED) is 0.678. The summed E-state index contributed by atoms with van der Waals surface area (Å²) >= 11 is 1.93. The van der Waals surface area contributed by atoms with E-state index in [1.807, 2.05) is 22.6 Å². The highest BCUT2D eigenvalue weighted by atomic mass is 127. The van der Waals surface area contributed by atoms with E-state index in [1.54, 1.807) is 7.05 Å². The van der Waals surface area contributed by atoms with Crippen LogP contribution in [0.25, 0.3) is 0 Å². The molecular weight excluding hydrogens is 247 g/mol. The Morgan fingerprint density at radius 3 is 2.80 bits per heavy atom. The van der Waals surface area contributed by atoms with E-state index in [2.05, 4.69) is 20.7 Å². The Morgan fingerprint density at radius 1 is 1.70 bits per heavy atom. The van der Waals surface area contributed by atoms with Gasteiger partial charge in [-0.3, -0.25) is 4.79 Å². The monoisotopic (exact) mass is 252 g/mol. The lowest BCUT2D eigenvalue weighted by Gasteiger charge is -1.90. The van der Waals surface area contributed by atoms with Gasteiger partial charge in [-0.2, -0.15) is 5.21 Å². The van der Waals surface area contributed by atoms with Crippen molar-refractivity contribution in [3.8, 4) is 0 Å². The van der Waals surface area contributed by atoms with Gasteiger partial charge in [0, 0.05) is 7.05 Å². The summed E-state index contributed by atoms with van der Waals surface area (Å²) in [5, 5.41) is 12.1. The average Bonchev–Trinajstić information content (AvgIpc) is 2.34. The van der Waals surface area contributed by atoms with E-state index in [1.165, 1.54) is 0 Å². The molecule has 0 radical (unpaired) electrons. The largest absolute Gasteiger partial charge is 0.354 e. The van der Waals surface area contributed by atoms with Crippen molar-refractivity contribution in [2.24, 2.45) is 0 Å². The van der Waals surface area contributed by atoms with Gasteiger partial charge in [0.1, 0.15) is 0 Å². The molecule has 0 saturated carbocycles. The minimum atomic E-state index is -0.224. The number of amides is 1. The molecule has 1 heterocycles. The Morgan fingerprint density at radius 2 is 2.40 bits per heavy atom. The third-order valence-corrected chi connectivity index (χ3v) is 1.70. The van der Waals surface area contributed by atoms with Gasteiger partial charge < -0.3 is 5.32 Å². The normalized spacial score (nSPS) is 9.40. The van der Waals surface area contributed by atoms with E-state index < -0.39 is 0 Å². The van der Waals surface area contributed by atoms with Crippen LogP contribution in [0.1, 0.15) is 10.5 Å². The average molecular weight is 252 g/mol. The van der Waals surface area contributed by atoms with Gasteiger partial charge >= 0.3 is 0 Å². The van der Waals surface area contributed by atoms with Crippen molar-refractivity contribution in [2.75, 3.05) is 7.05 Å². The first kappa shape index (κ1) is 7.45. The van der Waals surface area contributed by atoms with Gasteiger partial charge in [-0.25, -0.2) is 0 Å². The van der Waals surface area contributed by atoms with E-state index in [0.29, 0.717) is 9.39 Å². The number of hydrogen-bond donors (Lipinski definition) is 2. The molecule has 0 aliphatic rings. The first-order chi connectivity index (χ1) is 4.75. The molecule has 0 fully saturated rings. The topological polar surface area (TPSA) is 70.7 Å². The summed E-state index contributed by atoms with van der Waals surface area (Å²) in [6, 6.07) is 0. The molecule has 2 N–H and O–H groups in total. The second-order valence-corrected chi connectivity index (χ2v) is 2.56. The van der Waals surface area contributed by atoms with Crippen LogP contribution in [0.15, 0.2) is 0 Å². The van der Waals surface area contributed by atoms with E-state index in [-0.39, 0.29) is 5.91 Å². The molecule has 1 aromatic heterocycles. The minimum Gasteiger partial charge on any atom is -0.354 e. The Balaban J connectivity index is 2.93. The molecule has 0 unspecified atom stereocenters. The van der Waals surface area contributed by atoms with Gasteiger partial charge in [0.25, 0.3) is 5.91 Å². The van der Waals surface area contributed by atoms with Crippen LogP contribution in [0.3, 0.4) is 0 Å². The van der Waals surface area contributed by atoms with Crippen LogP contribution in [-0.4, -0.2) is 28.4 Å². The summed E-state index contributed by atoms with van der Waals surface area (Å²) in [5.74, 6) is -0.224. The van der Waals surface area contributed by atoms with Crippen molar-refractivity contribution in [1.29, 1.82) is 0 Å². The number of aromatic nitrogens is 3. The van der Waals surface area contributed by atoms with Gasteiger partial charge in [0.2, 0.25) is 0 Å². The summed E-state index contributed by atoms with van der Waals surface area (Å²) in [6.45, 7) is 0. The van der Waals surface area contributed by atoms with Crippen LogP contribution >= 0.6 is 22.6 Å². The van der Waals surface area contributed by atoms with Crippen molar-refractivity contribution < 1.29 is 4.79 Å². The lowest BCUT2D eigenvalue weighted by atomic mass is 10.4. The predicted molar refractivity (Wildman–Crippen MR) is 42.5 cm³/mol. The number of aromatic amines is 1. The molecule has 1 rings (SSSR count). The van der Waals surface area contributed by atoms with Crippen LogP contribution in [0.4, 0.5) is 0 Å². The molecule has 54 valence electrons. The molecule has 0 bridgehead atoms. The van der Waals surface area contributed by atoms with Crippen molar-refractivity contribution in [3.63, 3.8) is 0 Å². The standard InChI is InChI=1S/C4H5IN4O/c1-6-4(10)2-3(5)8-9-7-2/h1H3,(H,6,10)(H,7,8,9). The molecule has 0 aliphatic carbocycles. The highest BCUT2D eigenvalue weighted by molar-refractivity contribution is 14.1. The third kappa shape index (κ3) is 1.25.